The van der Waals surface area contributed by atoms with Crippen molar-refractivity contribution in [1.82, 2.24) is 14.9 Å². The number of aromatic nitrogens is 2. The van der Waals surface area contributed by atoms with Gasteiger partial charge in [-0.3, -0.25) is 9.69 Å². The summed E-state index contributed by atoms with van der Waals surface area (Å²) in [5, 5.41) is 0.0740. The molecule has 2 unspecified atom stereocenters. The van der Waals surface area contributed by atoms with Gasteiger partial charge in [0.05, 0.1) is 0 Å². The summed E-state index contributed by atoms with van der Waals surface area (Å²) in [6.07, 6.45) is 9.91. The number of fused-ring (bicyclic) bond motifs is 2. The topological polar surface area (TPSA) is 58.6 Å². The number of thioether (sulfide) groups is 1. The number of carbonyl (C=O) groups is 1. The fourth-order valence-corrected chi connectivity index (χ4v) is 4.09. The predicted octanol–water partition coefficient (Wildman–Crippen LogP) is 2.38. The Bertz CT molecular complexity index is 582. The van der Waals surface area contributed by atoms with Gasteiger partial charge in [-0.2, -0.15) is 0 Å². The Morgan fingerprint density at radius 2 is 1.92 bits per heavy atom. The fraction of sp³-hybridized carbons (Fsp3) is 0.737. The number of rotatable bonds is 8. The maximum atomic E-state index is 11.2. The zero-order valence-electron chi connectivity index (χ0n) is 16.1. The lowest BCUT2D eigenvalue weighted by molar-refractivity contribution is -0.115. The minimum atomic E-state index is 0.0740. The van der Waals surface area contributed by atoms with E-state index in [0.717, 1.165) is 37.4 Å². The zero-order chi connectivity index (χ0) is 18.5. The van der Waals surface area contributed by atoms with Gasteiger partial charge >= 0.3 is 0 Å². The van der Waals surface area contributed by atoms with Crippen LogP contribution in [0.2, 0.25) is 0 Å². The van der Waals surface area contributed by atoms with Crippen LogP contribution in [0.25, 0.3) is 0 Å². The molecule has 0 aliphatic carbocycles. The first-order valence-electron chi connectivity index (χ1n) is 9.56. The quantitative estimate of drug-likeness (QED) is 0.644. The number of piperazine rings is 1. The normalized spacial score (nSPS) is 23.0. The van der Waals surface area contributed by atoms with Crippen molar-refractivity contribution in [2.45, 2.75) is 57.7 Å². The standard InChI is InChI=1S/C19H30N4O2S/c1-14(2)22-11-16-6-7-17(12-22)23(16)19-20-9-15(10-21-19)5-4-8-25-13-18(24)26-3/h9-10,14,16-17H,4-8,11-13H2,1-3H3. The Morgan fingerprint density at radius 1 is 1.27 bits per heavy atom. The number of carbonyl (C=O) groups excluding carboxylic acids is 1. The minimum absolute atomic E-state index is 0.0740. The van der Waals surface area contributed by atoms with Crippen molar-refractivity contribution in [3.05, 3.63) is 18.0 Å². The average Bonchev–Trinajstić information content (AvgIpc) is 2.90. The van der Waals surface area contributed by atoms with Crippen LogP contribution in [0.3, 0.4) is 0 Å². The summed E-state index contributed by atoms with van der Waals surface area (Å²) in [7, 11) is 0. The number of hydrogen-bond donors (Lipinski definition) is 0. The van der Waals surface area contributed by atoms with Gasteiger partial charge in [-0.25, -0.2) is 9.97 Å². The van der Waals surface area contributed by atoms with E-state index in [1.165, 1.54) is 24.6 Å². The van der Waals surface area contributed by atoms with Crippen molar-refractivity contribution in [1.29, 1.82) is 0 Å². The lowest BCUT2D eigenvalue weighted by Gasteiger charge is -2.42. The van der Waals surface area contributed by atoms with Gasteiger partial charge < -0.3 is 9.64 Å². The van der Waals surface area contributed by atoms with Gasteiger partial charge in [0.25, 0.3) is 0 Å². The minimum Gasteiger partial charge on any atom is -0.373 e. The van der Waals surface area contributed by atoms with Crippen LogP contribution in [-0.4, -0.2) is 70.7 Å². The van der Waals surface area contributed by atoms with Crippen LogP contribution in [0.1, 0.15) is 38.7 Å². The highest BCUT2D eigenvalue weighted by molar-refractivity contribution is 8.13. The maximum Gasteiger partial charge on any atom is 0.225 e. The van der Waals surface area contributed by atoms with Crippen molar-refractivity contribution in [3.63, 3.8) is 0 Å². The second kappa shape index (κ2) is 9.15. The maximum absolute atomic E-state index is 11.2. The molecule has 6 nitrogen and oxygen atoms in total. The van der Waals surface area contributed by atoms with Crippen molar-refractivity contribution >= 4 is 22.8 Å². The molecule has 3 heterocycles. The summed E-state index contributed by atoms with van der Waals surface area (Å²) < 4.78 is 5.37. The highest BCUT2D eigenvalue weighted by Gasteiger charge is 2.41. The lowest BCUT2D eigenvalue weighted by atomic mass is 10.1. The van der Waals surface area contributed by atoms with Gasteiger partial charge in [-0.15, -0.1) is 0 Å². The van der Waals surface area contributed by atoms with Crippen molar-refractivity contribution in [2.75, 3.05) is 37.5 Å². The molecule has 0 N–H and O–H groups in total. The van der Waals surface area contributed by atoms with Crippen LogP contribution in [0, 0.1) is 0 Å². The Kier molecular flexibility index (Phi) is 6.89. The zero-order valence-corrected chi connectivity index (χ0v) is 16.9. The van der Waals surface area contributed by atoms with Gasteiger partial charge in [-0.1, -0.05) is 11.8 Å². The van der Waals surface area contributed by atoms with Crippen LogP contribution < -0.4 is 4.90 Å². The molecule has 0 amide bonds. The summed E-state index contributed by atoms with van der Waals surface area (Å²) in [5.41, 5.74) is 1.13. The molecule has 0 aromatic carbocycles. The largest absolute Gasteiger partial charge is 0.373 e. The van der Waals surface area contributed by atoms with Gasteiger partial charge in [0.2, 0.25) is 11.1 Å². The Labute approximate surface area is 160 Å². The van der Waals surface area contributed by atoms with E-state index in [0.29, 0.717) is 24.7 Å². The molecule has 2 bridgehead atoms. The molecule has 7 heteroatoms. The first-order chi connectivity index (χ1) is 12.6. The number of nitrogens with zero attached hydrogens (tertiary/aromatic N) is 4. The van der Waals surface area contributed by atoms with E-state index in [4.69, 9.17) is 4.74 Å². The van der Waals surface area contributed by atoms with E-state index >= 15 is 0 Å². The number of ether oxygens (including phenoxy) is 1. The molecule has 2 aliphatic heterocycles. The Balaban J connectivity index is 1.48. The van der Waals surface area contributed by atoms with Crippen LogP contribution in [0.15, 0.2) is 12.4 Å². The molecule has 3 rings (SSSR count). The first-order valence-corrected chi connectivity index (χ1v) is 10.8. The van der Waals surface area contributed by atoms with E-state index in [-0.39, 0.29) is 11.7 Å². The molecule has 2 atom stereocenters. The third kappa shape index (κ3) is 4.75. The molecule has 2 saturated heterocycles. The number of likely N-dealkylation sites (tertiary alicyclic amines) is 1. The molecule has 1 aromatic heterocycles. The van der Waals surface area contributed by atoms with Gasteiger partial charge in [0.1, 0.15) is 6.61 Å². The van der Waals surface area contributed by atoms with Crippen LogP contribution >= 0.6 is 11.8 Å². The first kappa shape index (κ1) is 19.6. The number of hydrogen-bond acceptors (Lipinski definition) is 7. The van der Waals surface area contributed by atoms with Gasteiger partial charge in [-0.05, 0) is 51.3 Å². The third-order valence-electron chi connectivity index (χ3n) is 5.37. The molecule has 2 aliphatic rings. The van der Waals surface area contributed by atoms with E-state index in [1.54, 1.807) is 6.26 Å². The van der Waals surface area contributed by atoms with Crippen LogP contribution in [0.5, 0.6) is 0 Å². The van der Waals surface area contributed by atoms with Crippen LogP contribution in [-0.2, 0) is 16.0 Å². The lowest BCUT2D eigenvalue weighted by Crippen LogP contribution is -2.56. The summed E-state index contributed by atoms with van der Waals surface area (Å²) >= 11 is 1.21. The number of anilines is 1. The van der Waals surface area contributed by atoms with Crippen LogP contribution in [0.4, 0.5) is 5.95 Å². The summed E-state index contributed by atoms with van der Waals surface area (Å²) in [5.74, 6) is 0.881. The molecule has 0 radical (unpaired) electrons. The van der Waals surface area contributed by atoms with Crippen molar-refractivity contribution in [3.8, 4) is 0 Å². The second-order valence-corrected chi connectivity index (χ2v) is 8.33. The smallest absolute Gasteiger partial charge is 0.225 e. The molecule has 1 aromatic rings. The molecular formula is C19H30N4O2S. The monoisotopic (exact) mass is 378 g/mol. The highest BCUT2D eigenvalue weighted by atomic mass is 32.2. The van der Waals surface area contributed by atoms with Gasteiger partial charge in [0, 0.05) is 50.2 Å². The molecule has 0 spiro atoms. The Morgan fingerprint density at radius 3 is 2.50 bits per heavy atom. The van der Waals surface area contributed by atoms with E-state index in [9.17, 15) is 4.79 Å². The molecule has 0 saturated carbocycles. The van der Waals surface area contributed by atoms with E-state index in [1.807, 2.05) is 12.4 Å². The molecule has 144 valence electrons. The predicted molar refractivity (Wildman–Crippen MR) is 106 cm³/mol. The second-order valence-electron chi connectivity index (χ2n) is 7.46. The molecule has 2 fully saturated rings. The highest BCUT2D eigenvalue weighted by Crippen LogP contribution is 2.33. The fourth-order valence-electron chi connectivity index (χ4n) is 3.89. The van der Waals surface area contributed by atoms with Gasteiger partial charge in [0.15, 0.2) is 0 Å². The SMILES string of the molecule is CSC(=O)COCCCc1cnc(N2C3CCC2CN(C(C)C)C3)nc1. The summed E-state index contributed by atoms with van der Waals surface area (Å²) in [6.45, 7) is 7.58. The Hall–Kier alpha value is -1.18. The van der Waals surface area contributed by atoms with Crippen molar-refractivity contribution in [2.24, 2.45) is 0 Å². The number of aryl methyl sites for hydroxylation is 1. The molecule has 26 heavy (non-hydrogen) atoms. The summed E-state index contributed by atoms with van der Waals surface area (Å²) in [6, 6.07) is 1.70. The third-order valence-corrected chi connectivity index (χ3v) is 5.94. The average molecular weight is 379 g/mol. The molecular weight excluding hydrogens is 348 g/mol. The van der Waals surface area contributed by atoms with E-state index in [2.05, 4.69) is 33.6 Å². The van der Waals surface area contributed by atoms with Crippen molar-refractivity contribution < 1.29 is 9.53 Å². The summed E-state index contributed by atoms with van der Waals surface area (Å²) in [4.78, 5) is 25.5. The van der Waals surface area contributed by atoms with E-state index < -0.39 is 0 Å².